The van der Waals surface area contributed by atoms with Gasteiger partial charge in [-0.3, -0.25) is 9.78 Å². The van der Waals surface area contributed by atoms with E-state index in [-0.39, 0.29) is 5.78 Å². The second kappa shape index (κ2) is 3.33. The smallest absolute Gasteiger partial charge is 0.170 e. The van der Waals surface area contributed by atoms with Gasteiger partial charge < -0.3 is 4.74 Å². The molecule has 0 spiro atoms. The van der Waals surface area contributed by atoms with E-state index >= 15 is 0 Å². The molecule has 3 nitrogen and oxygen atoms in total. The predicted octanol–water partition coefficient (Wildman–Crippen LogP) is 2.46. The van der Waals surface area contributed by atoms with Crippen LogP contribution >= 0.6 is 0 Å². The molecular formula is C12H15NO2. The largest absolute Gasteiger partial charge is 0.484 e. The fourth-order valence-electron chi connectivity index (χ4n) is 1.71. The number of nitrogens with zero attached hydrogens (tertiary/aromatic N) is 1. The Morgan fingerprint density at radius 2 is 2.27 bits per heavy atom. The third kappa shape index (κ3) is 1.62. The molecule has 0 aromatic carbocycles. The molecule has 0 radical (unpaired) electrons. The van der Waals surface area contributed by atoms with Crippen molar-refractivity contribution in [2.75, 3.05) is 0 Å². The first kappa shape index (κ1) is 10.1. The minimum absolute atomic E-state index is 0.148. The van der Waals surface area contributed by atoms with Crippen LogP contribution in [0.1, 0.15) is 37.6 Å². The predicted molar refractivity (Wildman–Crippen MR) is 57.1 cm³/mol. The van der Waals surface area contributed by atoms with Crippen molar-refractivity contribution in [3.63, 3.8) is 0 Å². The summed E-state index contributed by atoms with van der Waals surface area (Å²) in [5.41, 5.74) is 0.260. The third-order valence-electron chi connectivity index (χ3n) is 3.16. The van der Waals surface area contributed by atoms with E-state index in [1.54, 1.807) is 18.5 Å². The summed E-state index contributed by atoms with van der Waals surface area (Å²) in [5.74, 6) is 1.06. The lowest BCUT2D eigenvalue weighted by molar-refractivity contribution is 0.0209. The van der Waals surface area contributed by atoms with E-state index in [9.17, 15) is 4.79 Å². The number of carbonyl (C=O) groups is 1. The van der Waals surface area contributed by atoms with E-state index in [2.05, 4.69) is 18.8 Å². The van der Waals surface area contributed by atoms with Crippen molar-refractivity contribution < 1.29 is 9.53 Å². The van der Waals surface area contributed by atoms with Crippen molar-refractivity contribution in [2.45, 2.75) is 32.8 Å². The maximum atomic E-state index is 11.9. The van der Waals surface area contributed by atoms with Crippen molar-refractivity contribution in [1.82, 2.24) is 4.98 Å². The molecule has 0 aliphatic carbocycles. The molecule has 0 bridgehead atoms. The zero-order valence-corrected chi connectivity index (χ0v) is 9.28. The number of hydrogen-bond donors (Lipinski definition) is 0. The van der Waals surface area contributed by atoms with Gasteiger partial charge in [0.15, 0.2) is 5.78 Å². The molecule has 1 aliphatic heterocycles. The van der Waals surface area contributed by atoms with Gasteiger partial charge in [0.2, 0.25) is 0 Å². The number of hydrogen-bond acceptors (Lipinski definition) is 3. The van der Waals surface area contributed by atoms with Gasteiger partial charge in [0, 0.05) is 6.20 Å². The zero-order valence-electron chi connectivity index (χ0n) is 9.28. The number of rotatable bonds is 1. The maximum absolute atomic E-state index is 11.9. The number of ketones is 1. The lowest BCUT2D eigenvalue weighted by Crippen LogP contribution is -2.43. The number of fused-ring (bicyclic) bond motifs is 1. The van der Waals surface area contributed by atoms with Crippen LogP contribution in [0.25, 0.3) is 0 Å². The van der Waals surface area contributed by atoms with Gasteiger partial charge in [0.25, 0.3) is 0 Å². The van der Waals surface area contributed by atoms with E-state index in [1.807, 2.05) is 6.92 Å². The minimum atomic E-state index is -0.396. The van der Waals surface area contributed by atoms with E-state index in [1.165, 1.54) is 0 Å². The van der Waals surface area contributed by atoms with Gasteiger partial charge in [-0.25, -0.2) is 0 Å². The number of aromatic nitrogens is 1. The lowest BCUT2D eigenvalue weighted by atomic mass is 9.83. The monoisotopic (exact) mass is 205 g/mol. The van der Waals surface area contributed by atoms with Gasteiger partial charge in [-0.05, 0) is 18.9 Å². The molecule has 2 rings (SSSR count). The molecule has 0 fully saturated rings. The van der Waals surface area contributed by atoms with Gasteiger partial charge in [0.05, 0.1) is 18.2 Å². The summed E-state index contributed by atoms with van der Waals surface area (Å²) in [6.45, 7) is 6.11. The molecule has 1 atom stereocenters. The Kier molecular flexibility index (Phi) is 2.25. The molecule has 2 heterocycles. The molecule has 80 valence electrons. The first-order valence-corrected chi connectivity index (χ1v) is 5.19. The number of Topliss-reactive ketones (excluding diaryl/α,β-unsaturated/α-hetero) is 1. The van der Waals surface area contributed by atoms with Crippen LogP contribution in [0.5, 0.6) is 5.75 Å². The fraction of sp³-hybridized carbons (Fsp3) is 0.500. The molecule has 0 N–H and O–H groups in total. The van der Waals surface area contributed by atoms with E-state index < -0.39 is 5.60 Å². The summed E-state index contributed by atoms with van der Waals surface area (Å²) < 4.78 is 5.87. The van der Waals surface area contributed by atoms with Crippen LogP contribution in [0.15, 0.2) is 18.5 Å². The Labute approximate surface area is 89.5 Å². The summed E-state index contributed by atoms with van der Waals surface area (Å²) in [7, 11) is 0. The van der Waals surface area contributed by atoms with Crippen LogP contribution in [0.3, 0.4) is 0 Å². The zero-order chi connectivity index (χ0) is 11.1. The molecule has 1 aliphatic rings. The highest BCUT2D eigenvalue weighted by molar-refractivity contribution is 6.00. The van der Waals surface area contributed by atoms with Crippen molar-refractivity contribution in [2.24, 2.45) is 5.92 Å². The Hall–Kier alpha value is -1.38. The van der Waals surface area contributed by atoms with E-state index in [0.29, 0.717) is 23.7 Å². The topological polar surface area (TPSA) is 39.2 Å². The Bertz CT molecular complexity index is 400. The second-order valence-corrected chi connectivity index (χ2v) is 4.54. The van der Waals surface area contributed by atoms with Crippen LogP contribution < -0.4 is 4.74 Å². The molecule has 0 saturated heterocycles. The molecular weight excluding hydrogens is 190 g/mol. The first-order chi connectivity index (χ1) is 7.03. The molecule has 1 aromatic heterocycles. The third-order valence-corrected chi connectivity index (χ3v) is 3.16. The van der Waals surface area contributed by atoms with Crippen LogP contribution in [-0.2, 0) is 0 Å². The number of pyridine rings is 1. The Balaban J connectivity index is 2.42. The average Bonchev–Trinajstić information content (AvgIpc) is 2.17. The van der Waals surface area contributed by atoms with Crippen molar-refractivity contribution >= 4 is 5.78 Å². The van der Waals surface area contributed by atoms with Gasteiger partial charge in [0.1, 0.15) is 11.4 Å². The van der Waals surface area contributed by atoms with Gasteiger partial charge in [-0.2, -0.15) is 0 Å². The molecule has 1 aromatic rings. The van der Waals surface area contributed by atoms with Crippen LogP contribution in [-0.4, -0.2) is 16.4 Å². The Morgan fingerprint density at radius 3 is 2.93 bits per heavy atom. The highest BCUT2D eigenvalue weighted by atomic mass is 16.5. The lowest BCUT2D eigenvalue weighted by Gasteiger charge is -2.37. The summed E-state index contributed by atoms with van der Waals surface area (Å²) >= 11 is 0. The molecule has 1 unspecified atom stereocenters. The highest BCUT2D eigenvalue weighted by Gasteiger charge is 2.38. The normalized spacial score (nSPS) is 24.9. The summed E-state index contributed by atoms with van der Waals surface area (Å²) in [5, 5.41) is 0. The van der Waals surface area contributed by atoms with Crippen molar-refractivity contribution in [3.8, 4) is 5.75 Å². The molecule has 15 heavy (non-hydrogen) atoms. The van der Waals surface area contributed by atoms with Gasteiger partial charge in [-0.15, -0.1) is 0 Å². The maximum Gasteiger partial charge on any atom is 0.170 e. The second-order valence-electron chi connectivity index (χ2n) is 4.54. The van der Waals surface area contributed by atoms with Crippen LogP contribution in [0.4, 0.5) is 0 Å². The SMILES string of the molecule is CC(C)C1(C)CC(=O)c2ccncc2O1. The van der Waals surface area contributed by atoms with Crippen molar-refractivity contribution in [1.29, 1.82) is 0 Å². The minimum Gasteiger partial charge on any atom is -0.484 e. The standard InChI is InChI=1S/C12H15NO2/c1-8(2)12(3)6-10(14)9-4-5-13-7-11(9)15-12/h4-5,7-8H,6H2,1-3H3. The average molecular weight is 205 g/mol. The van der Waals surface area contributed by atoms with E-state index in [0.717, 1.165) is 0 Å². The van der Waals surface area contributed by atoms with Crippen LogP contribution in [0.2, 0.25) is 0 Å². The molecule has 0 amide bonds. The molecule has 0 saturated carbocycles. The highest BCUT2D eigenvalue weighted by Crippen LogP contribution is 2.36. The van der Waals surface area contributed by atoms with Crippen LogP contribution in [0, 0.1) is 5.92 Å². The summed E-state index contributed by atoms with van der Waals surface area (Å²) in [4.78, 5) is 15.9. The molecule has 3 heteroatoms. The Morgan fingerprint density at radius 1 is 1.53 bits per heavy atom. The van der Waals surface area contributed by atoms with E-state index in [4.69, 9.17) is 4.74 Å². The fourth-order valence-corrected chi connectivity index (χ4v) is 1.71. The van der Waals surface area contributed by atoms with Gasteiger partial charge >= 0.3 is 0 Å². The van der Waals surface area contributed by atoms with Gasteiger partial charge in [-0.1, -0.05) is 13.8 Å². The summed E-state index contributed by atoms with van der Waals surface area (Å²) in [6, 6.07) is 1.72. The summed E-state index contributed by atoms with van der Waals surface area (Å²) in [6.07, 6.45) is 3.69. The number of carbonyl (C=O) groups excluding carboxylic acids is 1. The number of ether oxygens (including phenoxy) is 1. The van der Waals surface area contributed by atoms with Crippen molar-refractivity contribution in [3.05, 3.63) is 24.0 Å². The quantitative estimate of drug-likeness (QED) is 0.707. The first-order valence-electron chi connectivity index (χ1n) is 5.19.